The van der Waals surface area contributed by atoms with Gasteiger partial charge in [0.2, 0.25) is 0 Å². The number of carbonyl (C=O) groups excluding carboxylic acids is 1. The van der Waals surface area contributed by atoms with E-state index in [9.17, 15) is 4.79 Å². The van der Waals surface area contributed by atoms with Gasteiger partial charge in [-0.25, -0.2) is 0 Å². The first-order valence-corrected chi connectivity index (χ1v) is 9.23. The average Bonchev–Trinajstić information content (AvgIpc) is 2.81. The molecule has 0 saturated carbocycles. The van der Waals surface area contributed by atoms with E-state index in [0.29, 0.717) is 5.56 Å². The van der Waals surface area contributed by atoms with Gasteiger partial charge in [-0.15, -0.1) is 0 Å². The van der Waals surface area contributed by atoms with Crippen molar-refractivity contribution in [3.63, 3.8) is 0 Å². The minimum Gasteiger partial charge on any atom is -0.360 e. The summed E-state index contributed by atoms with van der Waals surface area (Å²) in [5.74, 6) is 0.117. The Morgan fingerprint density at radius 2 is 2.04 bits per heavy atom. The zero-order valence-corrected chi connectivity index (χ0v) is 15.2. The minimum absolute atomic E-state index is 0.117. The number of carbonyl (C=O) groups is 1. The van der Waals surface area contributed by atoms with Crippen molar-refractivity contribution in [2.24, 2.45) is 0 Å². The normalized spacial score (nSPS) is 28.0. The molecule has 2 fully saturated rings. The molecule has 2 heterocycles. The number of likely N-dealkylation sites (tertiary alicyclic amines) is 1. The quantitative estimate of drug-likeness (QED) is 0.848. The molecular formula is C20H27N3O2. The van der Waals surface area contributed by atoms with Crippen molar-refractivity contribution in [2.45, 2.75) is 51.4 Å². The summed E-state index contributed by atoms with van der Waals surface area (Å²) < 4.78 is 6.21. The van der Waals surface area contributed by atoms with Crippen LogP contribution in [-0.2, 0) is 16.1 Å². The summed E-state index contributed by atoms with van der Waals surface area (Å²) in [6.07, 6.45) is 2.70. The second-order valence-electron chi connectivity index (χ2n) is 7.23. The summed E-state index contributed by atoms with van der Waals surface area (Å²) in [5, 5.41) is 8.91. The summed E-state index contributed by atoms with van der Waals surface area (Å²) in [6, 6.07) is 10.00. The Hall–Kier alpha value is -1.90. The van der Waals surface area contributed by atoms with E-state index in [2.05, 4.69) is 11.0 Å². The lowest BCUT2D eigenvalue weighted by Gasteiger charge is -2.44. The van der Waals surface area contributed by atoms with Gasteiger partial charge in [-0.2, -0.15) is 5.26 Å². The molecule has 1 amide bonds. The molecule has 1 aromatic rings. The first-order chi connectivity index (χ1) is 12.0. The molecule has 2 saturated heterocycles. The van der Waals surface area contributed by atoms with Gasteiger partial charge in [0.15, 0.2) is 0 Å². The molecular weight excluding hydrogens is 314 g/mol. The standard InChI is InChI=1S/C20H27N3O2/c1-3-23-15-20(25-16(2)19(23)24)9-4-11-22(12-10-20)14-18-7-5-17(13-21)6-8-18/h5-8,16H,3-4,9-12,14-15H2,1-2H3/t16-,20-/m1/s1. The number of morpholine rings is 1. The molecule has 0 aromatic heterocycles. The second-order valence-corrected chi connectivity index (χ2v) is 7.23. The van der Waals surface area contributed by atoms with E-state index in [1.807, 2.05) is 43.0 Å². The highest BCUT2D eigenvalue weighted by atomic mass is 16.5. The average molecular weight is 341 g/mol. The van der Waals surface area contributed by atoms with Gasteiger partial charge in [-0.05, 0) is 57.4 Å². The third-order valence-electron chi connectivity index (χ3n) is 5.43. The van der Waals surface area contributed by atoms with Gasteiger partial charge in [-0.3, -0.25) is 9.69 Å². The van der Waals surface area contributed by atoms with Crippen molar-refractivity contribution in [1.29, 1.82) is 5.26 Å². The number of likely N-dealkylation sites (N-methyl/N-ethyl adjacent to an activating group) is 1. The van der Waals surface area contributed by atoms with Crippen LogP contribution in [0, 0.1) is 11.3 Å². The molecule has 5 nitrogen and oxygen atoms in total. The highest BCUT2D eigenvalue weighted by Gasteiger charge is 2.43. The third kappa shape index (κ3) is 4.02. The van der Waals surface area contributed by atoms with Crippen LogP contribution in [0.2, 0.25) is 0 Å². The fraction of sp³-hybridized carbons (Fsp3) is 0.600. The maximum absolute atomic E-state index is 12.2. The monoisotopic (exact) mass is 341 g/mol. The fourth-order valence-corrected chi connectivity index (χ4v) is 4.01. The minimum atomic E-state index is -0.334. The summed E-state index contributed by atoms with van der Waals surface area (Å²) in [7, 11) is 0. The largest absolute Gasteiger partial charge is 0.360 e. The summed E-state index contributed by atoms with van der Waals surface area (Å²) in [6.45, 7) is 8.30. The predicted octanol–water partition coefficient (Wildman–Crippen LogP) is 2.55. The number of rotatable bonds is 3. The lowest BCUT2D eigenvalue weighted by molar-refractivity contribution is -0.182. The Balaban J connectivity index is 1.63. The number of nitriles is 1. The van der Waals surface area contributed by atoms with E-state index in [0.717, 1.165) is 52.0 Å². The van der Waals surface area contributed by atoms with E-state index >= 15 is 0 Å². The van der Waals surface area contributed by atoms with E-state index in [1.165, 1.54) is 5.56 Å². The number of ether oxygens (including phenoxy) is 1. The van der Waals surface area contributed by atoms with Crippen molar-refractivity contribution in [3.8, 4) is 6.07 Å². The van der Waals surface area contributed by atoms with Gasteiger partial charge in [0, 0.05) is 26.2 Å². The Labute approximate surface area is 150 Å². The highest BCUT2D eigenvalue weighted by molar-refractivity contribution is 5.81. The van der Waals surface area contributed by atoms with Gasteiger partial charge in [0.05, 0.1) is 17.2 Å². The number of nitrogens with zero attached hydrogens (tertiary/aromatic N) is 3. The van der Waals surface area contributed by atoms with Gasteiger partial charge >= 0.3 is 0 Å². The van der Waals surface area contributed by atoms with E-state index in [1.54, 1.807) is 0 Å². The van der Waals surface area contributed by atoms with Crippen LogP contribution in [0.1, 0.15) is 44.2 Å². The molecule has 25 heavy (non-hydrogen) atoms. The van der Waals surface area contributed by atoms with Gasteiger partial charge < -0.3 is 9.64 Å². The molecule has 0 bridgehead atoms. The van der Waals surface area contributed by atoms with Crippen LogP contribution < -0.4 is 0 Å². The molecule has 0 unspecified atom stereocenters. The first kappa shape index (κ1) is 17.9. The molecule has 2 atom stereocenters. The maximum Gasteiger partial charge on any atom is 0.251 e. The molecule has 0 aliphatic carbocycles. The molecule has 3 rings (SSSR count). The predicted molar refractivity (Wildman–Crippen MR) is 95.8 cm³/mol. The van der Waals surface area contributed by atoms with Crippen LogP contribution in [0.4, 0.5) is 0 Å². The fourth-order valence-electron chi connectivity index (χ4n) is 4.01. The molecule has 1 spiro atoms. The highest BCUT2D eigenvalue weighted by Crippen LogP contribution is 2.33. The topological polar surface area (TPSA) is 56.6 Å². The van der Waals surface area contributed by atoms with Crippen molar-refractivity contribution in [1.82, 2.24) is 9.80 Å². The van der Waals surface area contributed by atoms with Crippen molar-refractivity contribution >= 4 is 5.91 Å². The van der Waals surface area contributed by atoms with E-state index in [-0.39, 0.29) is 17.6 Å². The molecule has 134 valence electrons. The van der Waals surface area contributed by atoms with Crippen LogP contribution in [0.5, 0.6) is 0 Å². The Morgan fingerprint density at radius 1 is 1.28 bits per heavy atom. The molecule has 2 aliphatic rings. The Morgan fingerprint density at radius 3 is 2.72 bits per heavy atom. The van der Waals surface area contributed by atoms with E-state index < -0.39 is 0 Å². The Kier molecular flexibility index (Phi) is 5.41. The van der Waals surface area contributed by atoms with E-state index in [4.69, 9.17) is 10.00 Å². The zero-order chi connectivity index (χ0) is 17.9. The molecule has 1 aromatic carbocycles. The van der Waals surface area contributed by atoms with Crippen LogP contribution >= 0.6 is 0 Å². The van der Waals surface area contributed by atoms with Crippen LogP contribution in [0.15, 0.2) is 24.3 Å². The number of hydrogen-bond donors (Lipinski definition) is 0. The number of hydrogen-bond acceptors (Lipinski definition) is 4. The number of benzene rings is 1. The lowest BCUT2D eigenvalue weighted by Crippen LogP contribution is -2.58. The van der Waals surface area contributed by atoms with Gasteiger partial charge in [-0.1, -0.05) is 12.1 Å². The smallest absolute Gasteiger partial charge is 0.251 e. The molecule has 0 N–H and O–H groups in total. The molecule has 2 aliphatic heterocycles. The number of amides is 1. The van der Waals surface area contributed by atoms with Gasteiger partial charge in [0.25, 0.3) is 5.91 Å². The lowest BCUT2D eigenvalue weighted by atomic mass is 9.91. The summed E-state index contributed by atoms with van der Waals surface area (Å²) >= 11 is 0. The van der Waals surface area contributed by atoms with Crippen molar-refractivity contribution < 1.29 is 9.53 Å². The van der Waals surface area contributed by atoms with Crippen LogP contribution in [-0.4, -0.2) is 53.6 Å². The third-order valence-corrected chi connectivity index (χ3v) is 5.43. The second kappa shape index (κ2) is 7.55. The molecule has 5 heteroatoms. The van der Waals surface area contributed by atoms with Crippen molar-refractivity contribution in [3.05, 3.63) is 35.4 Å². The first-order valence-electron chi connectivity index (χ1n) is 9.23. The van der Waals surface area contributed by atoms with Gasteiger partial charge in [0.1, 0.15) is 6.10 Å². The maximum atomic E-state index is 12.2. The van der Waals surface area contributed by atoms with Crippen LogP contribution in [0.25, 0.3) is 0 Å². The van der Waals surface area contributed by atoms with Crippen molar-refractivity contribution in [2.75, 3.05) is 26.2 Å². The summed E-state index contributed by atoms with van der Waals surface area (Å²) in [5.41, 5.74) is 1.74. The molecule has 0 radical (unpaired) electrons. The Bertz CT molecular complexity index is 652. The summed E-state index contributed by atoms with van der Waals surface area (Å²) in [4.78, 5) is 16.6. The SMILES string of the molecule is CCN1C[C@]2(CCCN(Cc3ccc(C#N)cc3)CC2)O[C@H](C)C1=O. The zero-order valence-electron chi connectivity index (χ0n) is 15.2. The van der Waals surface area contributed by atoms with Crippen LogP contribution in [0.3, 0.4) is 0 Å².